The van der Waals surface area contributed by atoms with Crippen molar-refractivity contribution < 1.29 is 9.59 Å². The molecule has 5 nitrogen and oxygen atoms in total. The Morgan fingerprint density at radius 3 is 2.54 bits per heavy atom. The van der Waals surface area contributed by atoms with Crippen molar-refractivity contribution >= 4 is 11.8 Å². The van der Waals surface area contributed by atoms with Crippen LogP contribution in [0.25, 0.3) is 0 Å². The Hall–Kier alpha value is -2.35. The van der Waals surface area contributed by atoms with Crippen LogP contribution in [0.2, 0.25) is 0 Å². The second kappa shape index (κ2) is 7.04. The molecule has 1 aromatic carbocycles. The molecule has 0 bridgehead atoms. The number of nitrogens with zero attached hydrogens (tertiary/aromatic N) is 2. The monoisotopic (exact) mass is 325 g/mol. The van der Waals surface area contributed by atoms with E-state index in [4.69, 9.17) is 5.26 Å². The number of likely N-dealkylation sites (tertiary alicyclic amines) is 1. The highest BCUT2D eigenvalue weighted by Crippen LogP contribution is 2.32. The average Bonchev–Trinajstić information content (AvgIpc) is 3.46. The normalized spacial score (nSPS) is 19.4. The molecule has 0 radical (unpaired) electrons. The molecule has 2 fully saturated rings. The van der Waals surface area contributed by atoms with Crippen LogP contribution in [0.5, 0.6) is 0 Å². The van der Waals surface area contributed by atoms with Gasteiger partial charge in [0.1, 0.15) is 0 Å². The summed E-state index contributed by atoms with van der Waals surface area (Å²) in [5.74, 6) is 0.539. The molecular formula is C19H23N3O2. The molecule has 1 saturated heterocycles. The van der Waals surface area contributed by atoms with Crippen molar-refractivity contribution in [2.75, 3.05) is 13.1 Å². The zero-order valence-electron chi connectivity index (χ0n) is 14.0. The Morgan fingerprint density at radius 1 is 1.21 bits per heavy atom. The molecule has 1 atom stereocenters. The first kappa shape index (κ1) is 16.5. The molecule has 1 heterocycles. The highest BCUT2D eigenvalue weighted by molar-refractivity contribution is 5.82. The predicted molar refractivity (Wildman–Crippen MR) is 89.7 cm³/mol. The van der Waals surface area contributed by atoms with E-state index < -0.39 is 0 Å². The quantitative estimate of drug-likeness (QED) is 0.924. The lowest BCUT2D eigenvalue weighted by Gasteiger charge is -2.32. The van der Waals surface area contributed by atoms with Gasteiger partial charge in [0.15, 0.2) is 0 Å². The van der Waals surface area contributed by atoms with Gasteiger partial charge < -0.3 is 10.2 Å². The fourth-order valence-corrected chi connectivity index (χ4v) is 3.24. The Morgan fingerprint density at radius 2 is 1.92 bits per heavy atom. The zero-order chi connectivity index (χ0) is 17.1. The summed E-state index contributed by atoms with van der Waals surface area (Å²) in [6.07, 6.45) is 3.52. The number of benzene rings is 1. The maximum Gasteiger partial charge on any atom is 0.225 e. The minimum Gasteiger partial charge on any atom is -0.349 e. The fourth-order valence-electron chi connectivity index (χ4n) is 3.24. The third-order valence-corrected chi connectivity index (χ3v) is 4.98. The number of hydrogen-bond acceptors (Lipinski definition) is 3. The molecule has 1 saturated carbocycles. The van der Waals surface area contributed by atoms with E-state index in [-0.39, 0.29) is 29.7 Å². The van der Waals surface area contributed by atoms with E-state index in [2.05, 4.69) is 11.4 Å². The predicted octanol–water partition coefficient (Wildman–Crippen LogP) is 2.38. The Bertz CT molecular complexity index is 667. The van der Waals surface area contributed by atoms with Crippen molar-refractivity contribution in [2.45, 2.75) is 38.6 Å². The van der Waals surface area contributed by atoms with Crippen LogP contribution in [-0.4, -0.2) is 29.8 Å². The van der Waals surface area contributed by atoms with Gasteiger partial charge in [-0.3, -0.25) is 9.59 Å². The highest BCUT2D eigenvalue weighted by Gasteiger charge is 2.36. The van der Waals surface area contributed by atoms with Gasteiger partial charge in [-0.15, -0.1) is 0 Å². The largest absolute Gasteiger partial charge is 0.349 e. The summed E-state index contributed by atoms with van der Waals surface area (Å²) in [7, 11) is 0. The lowest BCUT2D eigenvalue weighted by atomic mass is 9.94. The summed E-state index contributed by atoms with van der Waals surface area (Å²) in [4.78, 5) is 26.5. The van der Waals surface area contributed by atoms with Crippen molar-refractivity contribution in [1.82, 2.24) is 10.2 Å². The number of piperidine rings is 1. The first-order chi connectivity index (χ1) is 11.6. The van der Waals surface area contributed by atoms with E-state index in [1.807, 2.05) is 30.0 Å². The van der Waals surface area contributed by atoms with E-state index in [1.165, 1.54) is 0 Å². The van der Waals surface area contributed by atoms with Gasteiger partial charge in [0.05, 0.1) is 17.7 Å². The molecule has 5 heteroatoms. The van der Waals surface area contributed by atoms with Gasteiger partial charge in [-0.1, -0.05) is 12.1 Å². The molecule has 0 aromatic heterocycles. The molecule has 0 unspecified atom stereocenters. The number of nitrogens with one attached hydrogen (secondary N) is 1. The van der Waals surface area contributed by atoms with E-state index in [0.717, 1.165) is 31.2 Å². The summed E-state index contributed by atoms with van der Waals surface area (Å²) >= 11 is 0. The van der Waals surface area contributed by atoms with E-state index in [9.17, 15) is 9.59 Å². The van der Waals surface area contributed by atoms with Crippen LogP contribution in [0.1, 0.15) is 49.8 Å². The van der Waals surface area contributed by atoms with Crippen molar-refractivity contribution in [3.05, 3.63) is 35.4 Å². The Balaban J connectivity index is 1.51. The number of nitriles is 1. The molecule has 1 N–H and O–H groups in total. The Kier molecular flexibility index (Phi) is 4.84. The number of amides is 2. The maximum absolute atomic E-state index is 12.5. The lowest BCUT2D eigenvalue weighted by molar-refractivity contribution is -0.136. The molecule has 126 valence electrons. The zero-order valence-corrected chi connectivity index (χ0v) is 14.0. The topological polar surface area (TPSA) is 73.2 Å². The van der Waals surface area contributed by atoms with Crippen LogP contribution in [0, 0.1) is 23.2 Å². The molecule has 1 aromatic rings. The molecule has 1 aliphatic heterocycles. The summed E-state index contributed by atoms with van der Waals surface area (Å²) in [6.45, 7) is 3.30. The molecule has 2 amide bonds. The van der Waals surface area contributed by atoms with Gasteiger partial charge in [-0.2, -0.15) is 5.26 Å². The second-order valence-corrected chi connectivity index (χ2v) is 6.84. The molecule has 24 heavy (non-hydrogen) atoms. The summed E-state index contributed by atoms with van der Waals surface area (Å²) in [5.41, 5.74) is 1.53. The average molecular weight is 325 g/mol. The summed E-state index contributed by atoms with van der Waals surface area (Å²) in [6, 6.07) is 9.30. The fraction of sp³-hybridized carbons (Fsp3) is 0.526. The van der Waals surface area contributed by atoms with Crippen LogP contribution in [0.3, 0.4) is 0 Å². The van der Waals surface area contributed by atoms with Crippen LogP contribution in [-0.2, 0) is 9.59 Å². The van der Waals surface area contributed by atoms with Crippen LogP contribution in [0.4, 0.5) is 0 Å². The molecule has 3 rings (SSSR count). The van der Waals surface area contributed by atoms with Gasteiger partial charge in [0.2, 0.25) is 11.8 Å². The molecule has 0 spiro atoms. The second-order valence-electron chi connectivity index (χ2n) is 6.84. The first-order valence-electron chi connectivity index (χ1n) is 8.67. The standard InChI is InChI=1S/C19H23N3O2/c1-13(17-4-2-3-14(11-17)12-20)21-18(23)15-7-9-22(10-8-15)19(24)16-5-6-16/h2-4,11,13,15-16H,5-10H2,1H3,(H,21,23)/t13-/m0/s1. The lowest BCUT2D eigenvalue weighted by Crippen LogP contribution is -2.44. The summed E-state index contributed by atoms with van der Waals surface area (Å²) in [5, 5.41) is 12.0. The van der Waals surface area contributed by atoms with Crippen molar-refractivity contribution in [2.24, 2.45) is 11.8 Å². The van der Waals surface area contributed by atoms with Crippen LogP contribution >= 0.6 is 0 Å². The molecular weight excluding hydrogens is 302 g/mol. The third kappa shape index (κ3) is 3.76. The third-order valence-electron chi connectivity index (χ3n) is 4.98. The number of carbonyl (C=O) groups is 2. The van der Waals surface area contributed by atoms with Gasteiger partial charge in [-0.05, 0) is 50.3 Å². The first-order valence-corrected chi connectivity index (χ1v) is 8.67. The number of carbonyl (C=O) groups excluding carboxylic acids is 2. The van der Waals surface area contributed by atoms with Crippen molar-refractivity contribution in [3.8, 4) is 6.07 Å². The maximum atomic E-state index is 12.5. The number of rotatable bonds is 4. The molecule has 2 aliphatic rings. The van der Waals surface area contributed by atoms with E-state index in [1.54, 1.807) is 6.07 Å². The minimum absolute atomic E-state index is 0.0325. The van der Waals surface area contributed by atoms with Gasteiger partial charge in [0, 0.05) is 24.9 Å². The smallest absolute Gasteiger partial charge is 0.225 e. The highest BCUT2D eigenvalue weighted by atomic mass is 16.2. The van der Waals surface area contributed by atoms with E-state index in [0.29, 0.717) is 18.7 Å². The van der Waals surface area contributed by atoms with Crippen LogP contribution < -0.4 is 5.32 Å². The summed E-state index contributed by atoms with van der Waals surface area (Å²) < 4.78 is 0. The minimum atomic E-state index is -0.128. The SMILES string of the molecule is C[C@H](NC(=O)C1CCN(C(=O)C2CC2)CC1)c1cccc(C#N)c1. The van der Waals surface area contributed by atoms with Crippen molar-refractivity contribution in [1.29, 1.82) is 5.26 Å². The van der Waals surface area contributed by atoms with Crippen LogP contribution in [0.15, 0.2) is 24.3 Å². The Labute approximate surface area is 142 Å². The van der Waals surface area contributed by atoms with Gasteiger partial charge >= 0.3 is 0 Å². The molecule has 1 aliphatic carbocycles. The van der Waals surface area contributed by atoms with Gasteiger partial charge in [-0.25, -0.2) is 0 Å². The van der Waals surface area contributed by atoms with Gasteiger partial charge in [0.25, 0.3) is 0 Å². The van der Waals surface area contributed by atoms with E-state index >= 15 is 0 Å². The number of hydrogen-bond donors (Lipinski definition) is 1. The van der Waals surface area contributed by atoms with Crippen molar-refractivity contribution in [3.63, 3.8) is 0 Å².